The van der Waals surface area contributed by atoms with Crippen molar-refractivity contribution >= 4 is 11.8 Å². The predicted octanol–water partition coefficient (Wildman–Crippen LogP) is 2.40. The normalized spacial score (nSPS) is 9.53. The lowest BCUT2D eigenvalue weighted by atomic mass is 10.3. The Kier molecular flexibility index (Phi) is 3.91. The van der Waals surface area contributed by atoms with E-state index in [1.54, 1.807) is 6.92 Å². The number of carbonyl (C=O) groups is 1. The van der Waals surface area contributed by atoms with Crippen LogP contribution in [0.25, 0.3) is 0 Å². The minimum atomic E-state index is -0.638. The van der Waals surface area contributed by atoms with E-state index in [-0.39, 0.29) is 12.3 Å². The van der Waals surface area contributed by atoms with E-state index in [9.17, 15) is 9.18 Å². The van der Waals surface area contributed by atoms with Gasteiger partial charge in [-0.25, -0.2) is 9.18 Å². The molecule has 1 N–H and O–H groups in total. The molecule has 0 spiro atoms. The first-order valence-corrected chi connectivity index (χ1v) is 4.44. The van der Waals surface area contributed by atoms with Crippen LogP contribution in [0.15, 0.2) is 18.2 Å². The first-order chi connectivity index (χ1) is 7.17. The summed E-state index contributed by atoms with van der Waals surface area (Å²) in [5.41, 5.74) is 0.246. The van der Waals surface area contributed by atoms with Crippen molar-refractivity contribution in [1.82, 2.24) is 0 Å². The Hall–Kier alpha value is -1.78. The summed E-state index contributed by atoms with van der Waals surface area (Å²) in [7, 11) is 1.43. The van der Waals surface area contributed by atoms with E-state index >= 15 is 0 Å². The minimum absolute atomic E-state index is 0.246. The number of methoxy groups -OCH3 is 1. The van der Waals surface area contributed by atoms with Crippen LogP contribution in [0.5, 0.6) is 5.75 Å². The summed E-state index contributed by atoms with van der Waals surface area (Å²) in [6, 6.07) is 3.84. The zero-order chi connectivity index (χ0) is 11.3. The monoisotopic (exact) mass is 213 g/mol. The molecule has 0 aliphatic heterocycles. The number of hydrogen-bond acceptors (Lipinski definition) is 3. The molecule has 5 heteroatoms. The lowest BCUT2D eigenvalue weighted by molar-refractivity contribution is 0.168. The molecule has 0 heterocycles. The number of anilines is 1. The van der Waals surface area contributed by atoms with E-state index in [2.05, 4.69) is 10.1 Å². The molecule has 1 rings (SSSR count). The van der Waals surface area contributed by atoms with Gasteiger partial charge in [-0.05, 0) is 19.1 Å². The summed E-state index contributed by atoms with van der Waals surface area (Å²) >= 11 is 0. The van der Waals surface area contributed by atoms with Gasteiger partial charge in [-0.3, -0.25) is 5.32 Å². The summed E-state index contributed by atoms with van der Waals surface area (Å²) in [4.78, 5) is 11.1. The smallest absolute Gasteiger partial charge is 0.411 e. The topological polar surface area (TPSA) is 47.6 Å². The van der Waals surface area contributed by atoms with Crippen molar-refractivity contribution in [1.29, 1.82) is 0 Å². The summed E-state index contributed by atoms with van der Waals surface area (Å²) in [5.74, 6) is -0.0768. The number of ether oxygens (including phenoxy) is 2. The van der Waals surface area contributed by atoms with Gasteiger partial charge < -0.3 is 9.47 Å². The molecule has 0 unspecified atom stereocenters. The highest BCUT2D eigenvalue weighted by Gasteiger charge is 2.08. The maximum absolute atomic E-state index is 12.9. The van der Waals surface area contributed by atoms with E-state index in [0.717, 1.165) is 6.07 Å². The fraction of sp³-hybridized carbons (Fsp3) is 0.300. The molecule has 1 aromatic carbocycles. The minimum Gasteiger partial charge on any atom is -0.495 e. The molecule has 1 aromatic rings. The molecule has 1 amide bonds. The zero-order valence-corrected chi connectivity index (χ0v) is 8.54. The molecule has 0 aromatic heterocycles. The number of carbonyl (C=O) groups excluding carboxylic acids is 1. The van der Waals surface area contributed by atoms with Crippen molar-refractivity contribution in [2.45, 2.75) is 6.92 Å². The Bertz CT molecular complexity index is 355. The zero-order valence-electron chi connectivity index (χ0n) is 8.54. The quantitative estimate of drug-likeness (QED) is 0.838. The lowest BCUT2D eigenvalue weighted by Crippen LogP contribution is -2.14. The van der Waals surface area contributed by atoms with Gasteiger partial charge in [0.15, 0.2) is 0 Å². The Morgan fingerprint density at radius 1 is 1.53 bits per heavy atom. The fourth-order valence-corrected chi connectivity index (χ4v) is 1.06. The third-order valence-corrected chi connectivity index (χ3v) is 1.67. The van der Waals surface area contributed by atoms with Crippen LogP contribution in [0.4, 0.5) is 14.9 Å². The van der Waals surface area contributed by atoms with Gasteiger partial charge in [0.2, 0.25) is 0 Å². The Morgan fingerprint density at radius 3 is 2.87 bits per heavy atom. The van der Waals surface area contributed by atoms with Gasteiger partial charge in [-0.2, -0.15) is 0 Å². The maximum Gasteiger partial charge on any atom is 0.411 e. The van der Waals surface area contributed by atoms with Crippen LogP contribution in [0.3, 0.4) is 0 Å². The first-order valence-electron chi connectivity index (χ1n) is 4.44. The van der Waals surface area contributed by atoms with Crippen molar-refractivity contribution < 1.29 is 18.7 Å². The molecule has 4 nitrogen and oxygen atoms in total. The highest BCUT2D eigenvalue weighted by atomic mass is 19.1. The predicted molar refractivity (Wildman–Crippen MR) is 53.6 cm³/mol. The van der Waals surface area contributed by atoms with Crippen LogP contribution in [0.2, 0.25) is 0 Å². The largest absolute Gasteiger partial charge is 0.495 e. The van der Waals surface area contributed by atoms with Crippen molar-refractivity contribution in [3.63, 3.8) is 0 Å². The average molecular weight is 213 g/mol. The molecule has 0 saturated heterocycles. The molecular weight excluding hydrogens is 201 g/mol. The SMILES string of the molecule is CCOC(=O)Nc1cc(F)ccc1OC. The van der Waals surface area contributed by atoms with E-state index in [0.29, 0.717) is 5.75 Å². The molecule has 82 valence electrons. The number of benzene rings is 1. The molecule has 15 heavy (non-hydrogen) atoms. The van der Waals surface area contributed by atoms with E-state index in [4.69, 9.17) is 4.74 Å². The van der Waals surface area contributed by atoms with Crippen molar-refractivity contribution in [2.24, 2.45) is 0 Å². The van der Waals surface area contributed by atoms with Gasteiger partial charge in [0, 0.05) is 6.07 Å². The number of rotatable bonds is 3. The maximum atomic E-state index is 12.9. The lowest BCUT2D eigenvalue weighted by Gasteiger charge is -2.09. The van der Waals surface area contributed by atoms with Crippen molar-refractivity contribution in [3.05, 3.63) is 24.0 Å². The number of halogens is 1. The standard InChI is InChI=1S/C10H12FNO3/c1-3-15-10(13)12-8-6-7(11)4-5-9(8)14-2/h4-6H,3H2,1-2H3,(H,12,13). The second-order valence-corrected chi connectivity index (χ2v) is 2.69. The summed E-state index contributed by atoms with van der Waals surface area (Å²) in [5, 5.41) is 2.38. The third kappa shape index (κ3) is 3.12. The van der Waals surface area contributed by atoms with Crippen molar-refractivity contribution in [3.8, 4) is 5.75 Å². The van der Waals surface area contributed by atoms with Crippen molar-refractivity contribution in [2.75, 3.05) is 19.0 Å². The number of amides is 1. The van der Waals surface area contributed by atoms with Gasteiger partial charge in [0.25, 0.3) is 0 Å². The molecule has 0 saturated carbocycles. The highest BCUT2D eigenvalue weighted by molar-refractivity contribution is 5.86. The number of nitrogens with one attached hydrogen (secondary N) is 1. The molecule has 0 bridgehead atoms. The summed E-state index contributed by atoms with van der Waals surface area (Å²) < 4.78 is 22.5. The third-order valence-electron chi connectivity index (χ3n) is 1.67. The van der Waals surface area contributed by atoms with E-state index < -0.39 is 11.9 Å². The van der Waals surface area contributed by atoms with E-state index in [1.165, 1.54) is 19.2 Å². The first kappa shape index (κ1) is 11.3. The highest BCUT2D eigenvalue weighted by Crippen LogP contribution is 2.24. The fourth-order valence-electron chi connectivity index (χ4n) is 1.06. The molecule has 0 atom stereocenters. The van der Waals surface area contributed by atoms with Crippen LogP contribution in [-0.2, 0) is 4.74 Å². The Labute approximate surface area is 87.0 Å². The van der Waals surface area contributed by atoms with Crippen LogP contribution in [-0.4, -0.2) is 19.8 Å². The molecule has 0 aliphatic rings. The van der Waals surface area contributed by atoms with Crippen LogP contribution in [0, 0.1) is 5.82 Å². The van der Waals surface area contributed by atoms with Gasteiger partial charge in [-0.15, -0.1) is 0 Å². The molecule has 0 fully saturated rings. The van der Waals surface area contributed by atoms with Gasteiger partial charge in [0.05, 0.1) is 19.4 Å². The molecule has 0 radical (unpaired) electrons. The van der Waals surface area contributed by atoms with Crippen LogP contribution < -0.4 is 10.1 Å². The Balaban J connectivity index is 2.82. The van der Waals surface area contributed by atoms with Gasteiger partial charge in [0.1, 0.15) is 11.6 Å². The second kappa shape index (κ2) is 5.19. The Morgan fingerprint density at radius 2 is 2.27 bits per heavy atom. The second-order valence-electron chi connectivity index (χ2n) is 2.69. The van der Waals surface area contributed by atoms with Gasteiger partial charge in [-0.1, -0.05) is 0 Å². The van der Waals surface area contributed by atoms with Crippen LogP contribution >= 0.6 is 0 Å². The van der Waals surface area contributed by atoms with Crippen LogP contribution in [0.1, 0.15) is 6.92 Å². The number of hydrogen-bond donors (Lipinski definition) is 1. The van der Waals surface area contributed by atoms with E-state index in [1.807, 2.05) is 0 Å². The van der Waals surface area contributed by atoms with Gasteiger partial charge >= 0.3 is 6.09 Å². The average Bonchev–Trinajstić information content (AvgIpc) is 2.18. The summed E-state index contributed by atoms with van der Waals surface area (Å²) in [6.07, 6.45) is -0.638. The molecular formula is C10H12FNO3. The summed E-state index contributed by atoms with van der Waals surface area (Å²) in [6.45, 7) is 1.94. The molecule has 0 aliphatic carbocycles.